The van der Waals surface area contributed by atoms with Crippen LogP contribution in [-0.4, -0.2) is 19.4 Å². The summed E-state index contributed by atoms with van der Waals surface area (Å²) in [6.45, 7) is 0. The molecule has 82 valence electrons. The van der Waals surface area contributed by atoms with Crippen LogP contribution in [0.15, 0.2) is 30.3 Å². The first-order valence-corrected chi connectivity index (χ1v) is 7.17. The largest absolute Gasteiger partial charge is 0.228 e. The van der Waals surface area contributed by atoms with Crippen molar-refractivity contribution in [1.82, 2.24) is 0 Å². The molecule has 0 N–H and O–H groups in total. The Hall–Kier alpha value is -0.540. The minimum atomic E-state index is -2.97. The van der Waals surface area contributed by atoms with E-state index < -0.39 is 20.5 Å². The lowest BCUT2D eigenvalue weighted by Crippen LogP contribution is -2.21. The molecule has 2 rings (SSSR count). The Balaban J connectivity index is 2.26. The number of sulfone groups is 1. The van der Waals surface area contributed by atoms with Gasteiger partial charge in [-0.1, -0.05) is 30.3 Å². The van der Waals surface area contributed by atoms with Crippen molar-refractivity contribution in [2.45, 2.75) is 23.5 Å². The summed E-state index contributed by atoms with van der Waals surface area (Å²) in [4.78, 5) is 0. The van der Waals surface area contributed by atoms with Gasteiger partial charge in [0.2, 0.25) is 0 Å². The zero-order chi connectivity index (χ0) is 10.9. The van der Waals surface area contributed by atoms with Gasteiger partial charge in [-0.3, -0.25) is 0 Å². The molecule has 2 nitrogen and oxygen atoms in total. The molecule has 1 aromatic rings. The molecule has 2 atom stereocenters. The lowest BCUT2D eigenvalue weighted by molar-refractivity contribution is 0.586. The van der Waals surface area contributed by atoms with Gasteiger partial charge in [0, 0.05) is 0 Å². The van der Waals surface area contributed by atoms with Crippen LogP contribution in [-0.2, 0) is 9.84 Å². The molecule has 0 bridgehead atoms. The molecular formula is C11H13ClO2S. The maximum Gasteiger partial charge on any atom is 0.154 e. The Morgan fingerprint density at radius 3 is 2.47 bits per heavy atom. The second-order valence-corrected chi connectivity index (χ2v) is 6.67. The molecule has 1 saturated heterocycles. The van der Waals surface area contributed by atoms with E-state index in [9.17, 15) is 8.42 Å². The molecule has 0 spiro atoms. The second kappa shape index (κ2) is 4.14. The third-order valence-corrected chi connectivity index (χ3v) is 5.82. The zero-order valence-electron chi connectivity index (χ0n) is 8.27. The van der Waals surface area contributed by atoms with Crippen molar-refractivity contribution in [2.24, 2.45) is 0 Å². The molecular weight excluding hydrogens is 232 g/mol. The van der Waals surface area contributed by atoms with Crippen LogP contribution >= 0.6 is 11.6 Å². The summed E-state index contributed by atoms with van der Waals surface area (Å²) in [7, 11) is -2.97. The number of alkyl halides is 1. The predicted octanol–water partition coefficient (Wildman–Crippen LogP) is 2.54. The van der Waals surface area contributed by atoms with Gasteiger partial charge in [0.05, 0.1) is 16.4 Å². The molecule has 0 aliphatic carbocycles. The van der Waals surface area contributed by atoms with E-state index in [1.807, 2.05) is 30.3 Å². The fraction of sp³-hybridized carbons (Fsp3) is 0.455. The van der Waals surface area contributed by atoms with Crippen molar-refractivity contribution in [1.29, 1.82) is 0 Å². The van der Waals surface area contributed by atoms with Crippen molar-refractivity contribution in [3.63, 3.8) is 0 Å². The number of benzene rings is 1. The van der Waals surface area contributed by atoms with E-state index in [4.69, 9.17) is 11.6 Å². The quantitative estimate of drug-likeness (QED) is 0.750. The summed E-state index contributed by atoms with van der Waals surface area (Å²) in [6, 6.07) is 9.42. The van der Waals surface area contributed by atoms with Gasteiger partial charge in [0.1, 0.15) is 0 Å². The molecule has 1 aliphatic heterocycles. The van der Waals surface area contributed by atoms with Gasteiger partial charge >= 0.3 is 0 Å². The highest BCUT2D eigenvalue weighted by molar-refractivity contribution is 7.92. The minimum absolute atomic E-state index is 0.285. The average molecular weight is 245 g/mol. The van der Waals surface area contributed by atoms with Gasteiger partial charge in [-0.15, -0.1) is 11.6 Å². The second-order valence-electron chi connectivity index (χ2n) is 3.86. The third-order valence-electron chi connectivity index (χ3n) is 2.82. The summed E-state index contributed by atoms with van der Waals surface area (Å²) in [5.74, 6) is 0.285. The molecule has 1 aliphatic rings. The van der Waals surface area contributed by atoms with Crippen molar-refractivity contribution < 1.29 is 8.42 Å². The lowest BCUT2D eigenvalue weighted by Gasteiger charge is -2.16. The van der Waals surface area contributed by atoms with Crippen molar-refractivity contribution in [3.05, 3.63) is 35.9 Å². The molecule has 0 radical (unpaired) electrons. The van der Waals surface area contributed by atoms with E-state index >= 15 is 0 Å². The van der Waals surface area contributed by atoms with E-state index in [0.717, 1.165) is 12.0 Å². The fourth-order valence-corrected chi connectivity index (χ4v) is 4.66. The highest BCUT2D eigenvalue weighted by atomic mass is 35.5. The Morgan fingerprint density at radius 1 is 1.27 bits per heavy atom. The first-order chi connectivity index (χ1) is 7.11. The number of halogens is 1. The molecule has 4 heteroatoms. The molecule has 1 heterocycles. The maximum atomic E-state index is 11.7. The molecule has 15 heavy (non-hydrogen) atoms. The average Bonchev–Trinajstić information content (AvgIpc) is 2.58. The van der Waals surface area contributed by atoms with Gasteiger partial charge < -0.3 is 0 Å². The monoisotopic (exact) mass is 244 g/mol. The van der Waals surface area contributed by atoms with Crippen molar-refractivity contribution in [2.75, 3.05) is 5.75 Å². The topological polar surface area (TPSA) is 34.1 Å². The molecule has 0 amide bonds. The van der Waals surface area contributed by atoms with E-state index in [-0.39, 0.29) is 5.75 Å². The SMILES string of the molecule is O=S1(=O)CCCC1C(Cl)c1ccccc1. The van der Waals surface area contributed by atoms with E-state index in [2.05, 4.69) is 0 Å². The number of hydrogen-bond donors (Lipinski definition) is 0. The number of rotatable bonds is 2. The predicted molar refractivity (Wildman–Crippen MR) is 61.8 cm³/mol. The van der Waals surface area contributed by atoms with Crippen LogP contribution in [0.1, 0.15) is 23.8 Å². The van der Waals surface area contributed by atoms with E-state index in [0.29, 0.717) is 6.42 Å². The molecule has 2 unspecified atom stereocenters. The van der Waals surface area contributed by atoms with Crippen LogP contribution < -0.4 is 0 Å². The first-order valence-electron chi connectivity index (χ1n) is 5.02. The Bertz CT molecular complexity index is 427. The van der Waals surface area contributed by atoms with Gasteiger partial charge in [0.15, 0.2) is 9.84 Å². The van der Waals surface area contributed by atoms with Crippen LogP contribution in [0.25, 0.3) is 0 Å². The van der Waals surface area contributed by atoms with Crippen LogP contribution in [0.4, 0.5) is 0 Å². The van der Waals surface area contributed by atoms with Gasteiger partial charge in [-0.2, -0.15) is 0 Å². The Kier molecular flexibility index (Phi) is 3.03. The van der Waals surface area contributed by atoms with Gasteiger partial charge in [0.25, 0.3) is 0 Å². The molecule has 1 aromatic carbocycles. The summed E-state index contributed by atoms with van der Waals surface area (Å²) in [6.07, 6.45) is 1.43. The van der Waals surface area contributed by atoms with Gasteiger partial charge in [-0.05, 0) is 18.4 Å². The van der Waals surface area contributed by atoms with E-state index in [1.54, 1.807) is 0 Å². The van der Waals surface area contributed by atoms with Crippen LogP contribution in [0.5, 0.6) is 0 Å². The van der Waals surface area contributed by atoms with Crippen LogP contribution in [0, 0.1) is 0 Å². The maximum absolute atomic E-state index is 11.7. The smallest absolute Gasteiger partial charge is 0.154 e. The molecule has 0 aromatic heterocycles. The Morgan fingerprint density at radius 2 is 1.93 bits per heavy atom. The molecule has 0 saturated carbocycles. The highest BCUT2D eigenvalue weighted by Crippen LogP contribution is 2.35. The summed E-state index contributed by atoms with van der Waals surface area (Å²) in [5, 5.41) is -0.805. The summed E-state index contributed by atoms with van der Waals surface area (Å²) < 4.78 is 23.4. The minimum Gasteiger partial charge on any atom is -0.228 e. The lowest BCUT2D eigenvalue weighted by atomic mass is 10.1. The van der Waals surface area contributed by atoms with Crippen LogP contribution in [0.3, 0.4) is 0 Å². The van der Waals surface area contributed by atoms with Crippen molar-refractivity contribution in [3.8, 4) is 0 Å². The van der Waals surface area contributed by atoms with E-state index in [1.165, 1.54) is 0 Å². The summed E-state index contributed by atoms with van der Waals surface area (Å²) >= 11 is 6.22. The third kappa shape index (κ3) is 2.18. The first kappa shape index (κ1) is 11.0. The molecule has 1 fully saturated rings. The standard InChI is InChI=1S/C11H13ClO2S/c12-11(9-5-2-1-3-6-9)10-7-4-8-15(10,13)14/h1-3,5-6,10-11H,4,7-8H2. The van der Waals surface area contributed by atoms with Gasteiger partial charge in [-0.25, -0.2) is 8.42 Å². The van der Waals surface area contributed by atoms with Crippen molar-refractivity contribution >= 4 is 21.4 Å². The number of hydrogen-bond acceptors (Lipinski definition) is 2. The fourth-order valence-electron chi connectivity index (χ4n) is 2.00. The van der Waals surface area contributed by atoms with Crippen LogP contribution in [0.2, 0.25) is 0 Å². The normalized spacial score (nSPS) is 26.3. The summed E-state index contributed by atoms with van der Waals surface area (Å²) in [5.41, 5.74) is 0.898. The zero-order valence-corrected chi connectivity index (χ0v) is 9.84. The Labute approximate surface area is 95.2 Å². The highest BCUT2D eigenvalue weighted by Gasteiger charge is 2.37.